The van der Waals surface area contributed by atoms with E-state index in [1.54, 1.807) is 6.07 Å². The number of fused-ring (bicyclic) bond motifs is 2. The Bertz CT molecular complexity index is 1040. The molecular weight excluding hydrogens is 366 g/mol. The predicted octanol–water partition coefficient (Wildman–Crippen LogP) is 2.83. The Kier molecular flexibility index (Phi) is 3.89. The molecule has 27 heavy (non-hydrogen) atoms. The lowest BCUT2D eigenvalue weighted by Crippen LogP contribution is -2.60. The lowest BCUT2D eigenvalue weighted by molar-refractivity contribution is 0.0504. The first-order valence-electron chi connectivity index (χ1n) is 8.68. The van der Waals surface area contributed by atoms with Crippen molar-refractivity contribution in [3.05, 3.63) is 59.7 Å². The lowest BCUT2D eigenvalue weighted by Gasteiger charge is -2.47. The maximum atomic E-state index is 11.6. The van der Waals surface area contributed by atoms with Crippen LogP contribution in [0.5, 0.6) is 5.75 Å². The van der Waals surface area contributed by atoms with Gasteiger partial charge in [0, 0.05) is 17.8 Å². The molecule has 0 amide bonds. The van der Waals surface area contributed by atoms with Crippen molar-refractivity contribution < 1.29 is 22.8 Å². The summed E-state index contributed by atoms with van der Waals surface area (Å²) < 4.78 is 39.2. The molecular formula is C20H21NO5S. The fourth-order valence-electron chi connectivity index (χ4n) is 4.10. The van der Waals surface area contributed by atoms with E-state index in [2.05, 4.69) is 0 Å². The van der Waals surface area contributed by atoms with Gasteiger partial charge < -0.3 is 14.7 Å². The number of rotatable bonds is 3. The number of para-hydroxylation sites is 1. The molecule has 2 heterocycles. The summed E-state index contributed by atoms with van der Waals surface area (Å²) in [6.07, 6.45) is 3.94. The summed E-state index contributed by atoms with van der Waals surface area (Å²) in [4.78, 5) is 1.79. The Morgan fingerprint density at radius 1 is 1.15 bits per heavy atom. The fraction of sp³-hybridized carbons (Fsp3) is 0.300. The highest BCUT2D eigenvalue weighted by Crippen LogP contribution is 2.55. The van der Waals surface area contributed by atoms with Crippen molar-refractivity contribution in [3.8, 4) is 5.75 Å². The molecule has 1 spiro atoms. The Morgan fingerprint density at radius 3 is 2.59 bits per heavy atom. The second-order valence-electron chi connectivity index (χ2n) is 7.32. The van der Waals surface area contributed by atoms with E-state index in [1.165, 1.54) is 12.1 Å². The van der Waals surface area contributed by atoms with Crippen LogP contribution in [0.3, 0.4) is 0 Å². The number of β-amino-alcohol motifs (C(OH)–C–C–N with tert-alkyl or cyclic N) is 1. The van der Waals surface area contributed by atoms with Gasteiger partial charge in [0.15, 0.2) is 0 Å². The molecule has 0 saturated heterocycles. The standard InChI is InChI=1S/C20H21NO5S/c1-19(2)16-13-15(27(23,24)25)7-8-17(16)21(11-12-22)20(19)10-9-14-5-3-4-6-18(14)26-20/h3-10,13,22H,11-12H2,1-2H3,(H,23,24,25). The maximum absolute atomic E-state index is 11.6. The van der Waals surface area contributed by atoms with Crippen LogP contribution in [0.4, 0.5) is 5.69 Å². The average molecular weight is 387 g/mol. The van der Waals surface area contributed by atoms with E-state index < -0.39 is 21.3 Å². The van der Waals surface area contributed by atoms with Crippen LogP contribution >= 0.6 is 0 Å². The number of hydrogen-bond donors (Lipinski definition) is 2. The van der Waals surface area contributed by atoms with Gasteiger partial charge in [0.1, 0.15) is 5.75 Å². The van der Waals surface area contributed by atoms with E-state index in [9.17, 15) is 18.1 Å². The number of aliphatic hydroxyl groups excluding tert-OH is 1. The number of aliphatic hydroxyl groups is 1. The molecule has 0 bridgehead atoms. The highest BCUT2D eigenvalue weighted by atomic mass is 32.2. The van der Waals surface area contributed by atoms with E-state index in [0.717, 1.165) is 22.6 Å². The first-order chi connectivity index (χ1) is 12.7. The molecule has 0 radical (unpaired) electrons. The molecule has 0 saturated carbocycles. The van der Waals surface area contributed by atoms with Crippen LogP contribution in [0.25, 0.3) is 6.08 Å². The first kappa shape index (κ1) is 18.0. The molecule has 1 unspecified atom stereocenters. The molecule has 0 aliphatic carbocycles. The fourth-order valence-corrected chi connectivity index (χ4v) is 4.61. The maximum Gasteiger partial charge on any atom is 0.294 e. The smallest absolute Gasteiger partial charge is 0.294 e. The molecule has 6 nitrogen and oxygen atoms in total. The SMILES string of the molecule is CC1(C)c2cc(S(=O)(=O)O)ccc2N(CCO)C12C=Cc1ccccc1O2. The van der Waals surface area contributed by atoms with Gasteiger partial charge in [0.2, 0.25) is 5.72 Å². The second-order valence-corrected chi connectivity index (χ2v) is 8.75. The van der Waals surface area contributed by atoms with Crippen LogP contribution in [0, 0.1) is 0 Å². The summed E-state index contributed by atoms with van der Waals surface area (Å²) in [5.41, 5.74) is 0.880. The third-order valence-electron chi connectivity index (χ3n) is 5.52. The third kappa shape index (κ3) is 2.50. The zero-order chi connectivity index (χ0) is 19.4. The van der Waals surface area contributed by atoms with Gasteiger partial charge in [-0.15, -0.1) is 0 Å². The summed E-state index contributed by atoms with van der Waals surface area (Å²) in [5, 5.41) is 9.66. The number of benzene rings is 2. The molecule has 0 fully saturated rings. The number of anilines is 1. The van der Waals surface area contributed by atoms with Crippen LogP contribution in [0.2, 0.25) is 0 Å². The lowest BCUT2D eigenvalue weighted by atomic mass is 9.76. The van der Waals surface area contributed by atoms with Crippen LogP contribution < -0.4 is 9.64 Å². The van der Waals surface area contributed by atoms with Gasteiger partial charge in [0.25, 0.3) is 10.1 Å². The highest BCUT2D eigenvalue weighted by Gasteiger charge is 2.58. The van der Waals surface area contributed by atoms with Crippen molar-refractivity contribution in [2.75, 3.05) is 18.1 Å². The second kappa shape index (κ2) is 5.82. The molecule has 1 atom stereocenters. The van der Waals surface area contributed by atoms with Gasteiger partial charge in [-0.2, -0.15) is 8.42 Å². The highest BCUT2D eigenvalue weighted by molar-refractivity contribution is 7.85. The topological polar surface area (TPSA) is 87.1 Å². The number of ether oxygens (including phenoxy) is 1. The molecule has 2 aromatic carbocycles. The summed E-state index contributed by atoms with van der Waals surface area (Å²) in [6, 6.07) is 12.2. The van der Waals surface area contributed by atoms with Gasteiger partial charge in [-0.05, 0) is 55.8 Å². The summed E-state index contributed by atoms with van der Waals surface area (Å²) in [7, 11) is -4.32. The van der Waals surface area contributed by atoms with Crippen LogP contribution in [0.1, 0.15) is 25.0 Å². The third-order valence-corrected chi connectivity index (χ3v) is 6.37. The van der Waals surface area contributed by atoms with Gasteiger partial charge in [-0.3, -0.25) is 4.55 Å². The minimum atomic E-state index is -4.32. The van der Waals surface area contributed by atoms with Gasteiger partial charge >= 0.3 is 0 Å². The van der Waals surface area contributed by atoms with Crippen LogP contribution in [-0.2, 0) is 15.5 Å². The van der Waals surface area contributed by atoms with Gasteiger partial charge in [0.05, 0.1) is 16.9 Å². The molecule has 0 aromatic heterocycles. The summed E-state index contributed by atoms with van der Waals surface area (Å²) in [5.74, 6) is 0.721. The predicted molar refractivity (Wildman–Crippen MR) is 103 cm³/mol. The molecule has 7 heteroatoms. The summed E-state index contributed by atoms with van der Waals surface area (Å²) in [6.45, 7) is 4.16. The molecule has 4 rings (SSSR count). The summed E-state index contributed by atoms with van der Waals surface area (Å²) >= 11 is 0. The average Bonchev–Trinajstić information content (AvgIpc) is 2.80. The van der Waals surface area contributed by atoms with E-state index in [1.807, 2.05) is 55.2 Å². The van der Waals surface area contributed by atoms with Crippen molar-refractivity contribution in [1.29, 1.82) is 0 Å². The van der Waals surface area contributed by atoms with Crippen molar-refractivity contribution in [2.24, 2.45) is 0 Å². The Morgan fingerprint density at radius 2 is 1.89 bits per heavy atom. The van der Waals surface area contributed by atoms with Crippen molar-refractivity contribution in [2.45, 2.75) is 29.9 Å². The van der Waals surface area contributed by atoms with Crippen molar-refractivity contribution in [3.63, 3.8) is 0 Å². The van der Waals surface area contributed by atoms with E-state index >= 15 is 0 Å². The zero-order valence-electron chi connectivity index (χ0n) is 15.1. The first-order valence-corrected chi connectivity index (χ1v) is 10.1. The van der Waals surface area contributed by atoms with Gasteiger partial charge in [-0.25, -0.2) is 0 Å². The minimum Gasteiger partial charge on any atom is -0.463 e. The van der Waals surface area contributed by atoms with Crippen molar-refractivity contribution >= 4 is 21.9 Å². The van der Waals surface area contributed by atoms with Crippen LogP contribution in [0.15, 0.2) is 53.4 Å². The normalized spacial score (nSPS) is 22.4. The molecule has 142 valence electrons. The quantitative estimate of drug-likeness (QED) is 0.788. The monoisotopic (exact) mass is 387 g/mol. The zero-order valence-corrected chi connectivity index (χ0v) is 15.9. The van der Waals surface area contributed by atoms with Gasteiger partial charge in [-0.1, -0.05) is 18.2 Å². The minimum absolute atomic E-state index is 0.0871. The molecule has 2 N–H and O–H groups in total. The molecule has 2 aliphatic heterocycles. The Labute approximate surface area is 158 Å². The Balaban J connectivity index is 1.93. The Hall–Kier alpha value is -2.35. The number of nitrogens with zero attached hydrogens (tertiary/aromatic N) is 1. The van der Waals surface area contributed by atoms with Crippen molar-refractivity contribution in [1.82, 2.24) is 0 Å². The largest absolute Gasteiger partial charge is 0.463 e. The van der Waals surface area contributed by atoms with E-state index in [-0.39, 0.29) is 11.5 Å². The molecule has 2 aromatic rings. The number of hydrogen-bond acceptors (Lipinski definition) is 5. The van der Waals surface area contributed by atoms with E-state index in [4.69, 9.17) is 4.74 Å². The molecule has 2 aliphatic rings. The van der Waals surface area contributed by atoms with E-state index in [0.29, 0.717) is 6.54 Å². The van der Waals surface area contributed by atoms with Crippen LogP contribution in [-0.4, -0.2) is 37.0 Å².